The van der Waals surface area contributed by atoms with E-state index in [0.29, 0.717) is 12.1 Å². The Labute approximate surface area is 131 Å². The maximum atomic E-state index is 11.3. The topological polar surface area (TPSA) is 153 Å². The summed E-state index contributed by atoms with van der Waals surface area (Å²) in [7, 11) is -11.0. The first kappa shape index (κ1) is 18.0. The minimum absolute atomic E-state index is 0.429. The van der Waals surface area contributed by atoms with Gasteiger partial charge in [0, 0.05) is 12.6 Å². The zero-order valence-electron chi connectivity index (χ0n) is 11.8. The van der Waals surface area contributed by atoms with Crippen molar-refractivity contribution < 1.29 is 33.8 Å². The van der Waals surface area contributed by atoms with Gasteiger partial charge in [0.05, 0.1) is 18.6 Å². The van der Waals surface area contributed by atoms with Crippen LogP contribution in [-0.2, 0) is 22.1 Å². The molecule has 2 aromatic rings. The van der Waals surface area contributed by atoms with Gasteiger partial charge in [-0.25, -0.2) is 4.98 Å². The van der Waals surface area contributed by atoms with Gasteiger partial charge < -0.3 is 29.2 Å². The maximum absolute atomic E-state index is 11.3. The van der Waals surface area contributed by atoms with Crippen molar-refractivity contribution in [2.75, 3.05) is 0 Å². The summed E-state index contributed by atoms with van der Waals surface area (Å²) in [6, 6.07) is 9.25. The molecular formula is C12H16N2O7P2. The summed E-state index contributed by atoms with van der Waals surface area (Å²) in [5.74, 6) is 0. The molecule has 5 N–H and O–H groups in total. The molecule has 1 aromatic heterocycles. The van der Waals surface area contributed by atoms with E-state index in [1.165, 1.54) is 6.20 Å². The Hall–Kier alpha value is -1.31. The molecule has 0 aliphatic heterocycles. The fourth-order valence-corrected chi connectivity index (χ4v) is 4.04. The first-order valence-corrected chi connectivity index (χ1v) is 9.64. The second-order valence-corrected chi connectivity index (χ2v) is 9.07. The van der Waals surface area contributed by atoms with Crippen LogP contribution in [-0.4, -0.2) is 39.3 Å². The fraction of sp³-hybridized carbons (Fsp3) is 0.250. The van der Waals surface area contributed by atoms with Gasteiger partial charge in [-0.15, -0.1) is 0 Å². The van der Waals surface area contributed by atoms with E-state index < -0.39 is 26.8 Å². The first-order valence-electron chi connectivity index (χ1n) is 6.41. The third kappa shape index (κ3) is 3.97. The number of benzene rings is 1. The van der Waals surface area contributed by atoms with Crippen molar-refractivity contribution in [3.05, 3.63) is 54.1 Å². The van der Waals surface area contributed by atoms with Crippen LogP contribution in [0.2, 0.25) is 0 Å². The molecule has 23 heavy (non-hydrogen) atoms. The second kappa shape index (κ2) is 6.30. The van der Waals surface area contributed by atoms with E-state index in [1.54, 1.807) is 0 Å². The summed E-state index contributed by atoms with van der Waals surface area (Å²) < 4.78 is 23.7. The number of nitrogens with zero attached hydrogens (tertiary/aromatic N) is 2. The van der Waals surface area contributed by atoms with E-state index in [-0.39, 0.29) is 0 Å². The summed E-state index contributed by atoms with van der Waals surface area (Å²) in [6.07, 6.45) is 2.94. The Balaban J connectivity index is 2.23. The molecule has 126 valence electrons. The molecule has 0 bridgehead atoms. The van der Waals surface area contributed by atoms with Gasteiger partial charge in [-0.2, -0.15) is 0 Å². The molecule has 9 nitrogen and oxygen atoms in total. The summed E-state index contributed by atoms with van der Waals surface area (Å²) >= 11 is 0. The minimum Gasteiger partial charge on any atom is -0.366 e. The minimum atomic E-state index is -5.49. The average Bonchev–Trinajstić information content (AvgIpc) is 2.84. The summed E-state index contributed by atoms with van der Waals surface area (Å²) in [5.41, 5.74) is 1.47. The highest BCUT2D eigenvalue weighted by Crippen LogP contribution is 2.67. The Morgan fingerprint density at radius 2 is 1.61 bits per heavy atom. The molecule has 0 radical (unpaired) electrons. The van der Waals surface area contributed by atoms with Gasteiger partial charge in [-0.3, -0.25) is 9.13 Å². The number of aliphatic hydroxyl groups is 1. The normalized spacial score (nSPS) is 13.3. The highest BCUT2D eigenvalue weighted by Gasteiger charge is 2.59. The zero-order valence-corrected chi connectivity index (χ0v) is 13.6. The lowest BCUT2D eigenvalue weighted by molar-refractivity contribution is 0.115. The van der Waals surface area contributed by atoms with Crippen LogP contribution in [0.3, 0.4) is 0 Å². The van der Waals surface area contributed by atoms with Crippen LogP contribution in [0, 0.1) is 0 Å². The predicted octanol–water partition coefficient (Wildman–Crippen LogP) is 0.475. The van der Waals surface area contributed by atoms with Gasteiger partial charge in [0.2, 0.25) is 0 Å². The highest BCUT2D eigenvalue weighted by atomic mass is 31.2. The van der Waals surface area contributed by atoms with E-state index in [1.807, 2.05) is 30.3 Å². The fourth-order valence-electron chi connectivity index (χ4n) is 1.99. The third-order valence-corrected chi connectivity index (χ3v) is 6.95. The monoisotopic (exact) mass is 362 g/mol. The molecule has 1 heterocycles. The van der Waals surface area contributed by atoms with Gasteiger partial charge >= 0.3 is 15.2 Å². The lowest BCUT2D eigenvalue weighted by atomic mass is 10.1. The largest absolute Gasteiger partial charge is 0.371 e. The Bertz CT molecular complexity index is 743. The summed E-state index contributed by atoms with van der Waals surface area (Å²) in [5, 5.41) is 6.37. The van der Waals surface area contributed by atoms with Crippen molar-refractivity contribution in [1.29, 1.82) is 0 Å². The first-order chi connectivity index (χ1) is 10.5. The van der Waals surface area contributed by atoms with Crippen molar-refractivity contribution in [3.8, 4) is 0 Å². The number of hydrogen-bond acceptors (Lipinski definition) is 4. The van der Waals surface area contributed by atoms with Crippen LogP contribution in [0.1, 0.15) is 11.3 Å². The SMILES string of the molecule is O=P(O)(O)C(O)(Cn1cnc(Cc2ccccc2)c1)P(=O)(O)O. The van der Waals surface area contributed by atoms with Crippen LogP contribution >= 0.6 is 15.2 Å². The van der Waals surface area contributed by atoms with Crippen molar-refractivity contribution in [2.45, 2.75) is 18.0 Å². The Kier molecular flexibility index (Phi) is 4.94. The molecule has 0 unspecified atom stereocenters. The molecule has 0 amide bonds. The molecular weight excluding hydrogens is 346 g/mol. The average molecular weight is 362 g/mol. The molecule has 0 aliphatic carbocycles. The van der Waals surface area contributed by atoms with Gasteiger partial charge in [-0.1, -0.05) is 30.3 Å². The van der Waals surface area contributed by atoms with Crippen LogP contribution in [0.4, 0.5) is 0 Å². The maximum Gasteiger partial charge on any atom is 0.371 e. The molecule has 1 aromatic carbocycles. The van der Waals surface area contributed by atoms with Gasteiger partial charge in [0.1, 0.15) is 0 Å². The van der Waals surface area contributed by atoms with Gasteiger partial charge in [0.25, 0.3) is 5.08 Å². The lowest BCUT2D eigenvalue weighted by Crippen LogP contribution is -2.33. The number of hydrogen-bond donors (Lipinski definition) is 5. The predicted molar refractivity (Wildman–Crippen MR) is 80.5 cm³/mol. The number of aromatic nitrogens is 2. The molecule has 11 heteroatoms. The van der Waals surface area contributed by atoms with E-state index in [2.05, 4.69) is 4.98 Å². The number of imidazole rings is 1. The molecule has 0 saturated carbocycles. The van der Waals surface area contributed by atoms with E-state index >= 15 is 0 Å². The Morgan fingerprint density at radius 1 is 1.04 bits per heavy atom. The highest BCUT2D eigenvalue weighted by molar-refractivity contribution is 7.72. The molecule has 0 fully saturated rings. The van der Waals surface area contributed by atoms with Crippen molar-refractivity contribution in [1.82, 2.24) is 9.55 Å². The molecule has 2 rings (SSSR count). The Morgan fingerprint density at radius 3 is 2.13 bits per heavy atom. The quantitative estimate of drug-likeness (QED) is 0.465. The number of rotatable bonds is 6. The zero-order chi connectivity index (χ0) is 17.3. The van der Waals surface area contributed by atoms with Crippen LogP contribution in [0.5, 0.6) is 0 Å². The van der Waals surface area contributed by atoms with E-state index in [9.17, 15) is 14.2 Å². The van der Waals surface area contributed by atoms with Crippen molar-refractivity contribution in [3.63, 3.8) is 0 Å². The van der Waals surface area contributed by atoms with Gasteiger partial charge in [-0.05, 0) is 5.56 Å². The molecule has 0 saturated heterocycles. The van der Waals surface area contributed by atoms with Crippen molar-refractivity contribution >= 4 is 15.2 Å². The van der Waals surface area contributed by atoms with E-state index in [4.69, 9.17) is 19.6 Å². The van der Waals surface area contributed by atoms with Gasteiger partial charge in [0.15, 0.2) is 0 Å². The van der Waals surface area contributed by atoms with Crippen LogP contribution in [0.15, 0.2) is 42.9 Å². The summed E-state index contributed by atoms with van der Waals surface area (Å²) in [4.78, 5) is 40.4. The molecule has 0 spiro atoms. The smallest absolute Gasteiger partial charge is 0.366 e. The molecule has 0 atom stereocenters. The standard InChI is InChI=1S/C12H16N2O7P2/c15-12(22(16,17)18,23(19,20)21)8-14-7-11(13-9-14)6-10-4-2-1-3-5-10/h1-5,7,9,15H,6,8H2,(H2,16,17,18)(H2,19,20,21). The van der Waals surface area contributed by atoms with Crippen LogP contribution < -0.4 is 0 Å². The second-order valence-electron chi connectivity index (χ2n) is 5.06. The van der Waals surface area contributed by atoms with Crippen LogP contribution in [0.25, 0.3) is 0 Å². The van der Waals surface area contributed by atoms with Crippen molar-refractivity contribution in [2.24, 2.45) is 0 Å². The third-order valence-electron chi connectivity index (χ3n) is 3.24. The van der Waals surface area contributed by atoms with E-state index in [0.717, 1.165) is 16.5 Å². The lowest BCUT2D eigenvalue weighted by Gasteiger charge is -2.29. The molecule has 0 aliphatic rings. The summed E-state index contributed by atoms with van der Waals surface area (Å²) in [6.45, 7) is -0.983.